The first-order valence-corrected chi connectivity index (χ1v) is 6.99. The number of aromatic nitrogens is 1. The molecule has 0 saturated carbocycles. The third kappa shape index (κ3) is 3.64. The highest BCUT2D eigenvalue weighted by Crippen LogP contribution is 2.20. The third-order valence-electron chi connectivity index (χ3n) is 3.16. The molecule has 2 aromatic rings. The Morgan fingerprint density at radius 2 is 1.86 bits per heavy atom. The van der Waals surface area contributed by atoms with Crippen molar-refractivity contribution in [2.75, 3.05) is 5.32 Å². The Bertz CT molecular complexity index is 670. The maximum Gasteiger partial charge on any atom is 0.238 e. The van der Waals surface area contributed by atoms with E-state index in [2.05, 4.69) is 10.3 Å². The van der Waals surface area contributed by atoms with Crippen molar-refractivity contribution in [3.8, 4) is 0 Å². The van der Waals surface area contributed by atoms with Crippen LogP contribution in [0.25, 0.3) is 0 Å². The highest BCUT2D eigenvalue weighted by Gasteiger charge is 2.23. The number of benzene rings is 1. The maximum absolute atomic E-state index is 12.5. The van der Waals surface area contributed by atoms with E-state index in [0.29, 0.717) is 5.69 Å². The van der Waals surface area contributed by atoms with Crippen molar-refractivity contribution in [2.24, 2.45) is 5.73 Å². The molecule has 1 aromatic carbocycles. The minimum Gasteiger partial charge on any atom is -0.392 e. The molecule has 5 heteroatoms. The second-order valence-corrected chi connectivity index (χ2v) is 5.29. The van der Waals surface area contributed by atoms with Gasteiger partial charge in [-0.05, 0) is 31.5 Å². The molecule has 0 aliphatic heterocycles. The van der Waals surface area contributed by atoms with Gasteiger partial charge in [-0.15, -0.1) is 0 Å². The Balaban J connectivity index is 2.26. The summed E-state index contributed by atoms with van der Waals surface area (Å²) in [5.74, 6) is -0.899. The lowest BCUT2D eigenvalue weighted by molar-refractivity contribution is -0.116. The van der Waals surface area contributed by atoms with Crippen molar-refractivity contribution in [1.29, 1.82) is 0 Å². The van der Waals surface area contributed by atoms with Crippen LogP contribution in [0.1, 0.15) is 22.9 Å². The predicted octanol–water partition coefficient (Wildman–Crippen LogP) is 2.71. The molecular formula is C16H17N3OS. The zero-order valence-corrected chi connectivity index (χ0v) is 12.8. The van der Waals surface area contributed by atoms with Crippen LogP contribution in [0.3, 0.4) is 0 Å². The number of hydrogen-bond donors (Lipinski definition) is 2. The van der Waals surface area contributed by atoms with Gasteiger partial charge in [0.25, 0.3) is 0 Å². The maximum atomic E-state index is 12.5. The van der Waals surface area contributed by atoms with Crippen LogP contribution < -0.4 is 11.1 Å². The lowest BCUT2D eigenvalue weighted by Gasteiger charge is -2.16. The molecule has 21 heavy (non-hydrogen) atoms. The number of carbonyl (C=O) groups excluding carboxylic acids is 1. The van der Waals surface area contributed by atoms with E-state index in [1.54, 1.807) is 0 Å². The second kappa shape index (κ2) is 6.45. The Morgan fingerprint density at radius 1 is 1.19 bits per heavy atom. The number of rotatable bonds is 4. The quantitative estimate of drug-likeness (QED) is 0.852. The first-order valence-electron chi connectivity index (χ1n) is 6.58. The van der Waals surface area contributed by atoms with E-state index in [-0.39, 0.29) is 10.9 Å². The summed E-state index contributed by atoms with van der Waals surface area (Å²) in [4.78, 5) is 17.0. The molecule has 1 amide bonds. The van der Waals surface area contributed by atoms with Gasteiger partial charge in [0.15, 0.2) is 0 Å². The zero-order chi connectivity index (χ0) is 15.4. The minimum absolute atomic E-state index is 0.149. The molecule has 4 nitrogen and oxygen atoms in total. The van der Waals surface area contributed by atoms with Crippen molar-refractivity contribution < 1.29 is 4.79 Å². The van der Waals surface area contributed by atoms with E-state index in [1.807, 2.05) is 56.3 Å². The highest BCUT2D eigenvalue weighted by molar-refractivity contribution is 7.80. The van der Waals surface area contributed by atoms with Gasteiger partial charge in [0, 0.05) is 5.69 Å². The summed E-state index contributed by atoms with van der Waals surface area (Å²) in [6.07, 6.45) is 0. The molecule has 0 spiro atoms. The van der Waals surface area contributed by atoms with Crippen LogP contribution in [0.2, 0.25) is 0 Å². The Labute approximate surface area is 129 Å². The van der Waals surface area contributed by atoms with Gasteiger partial charge >= 0.3 is 0 Å². The van der Waals surface area contributed by atoms with E-state index >= 15 is 0 Å². The van der Waals surface area contributed by atoms with Crippen LogP contribution in [0.5, 0.6) is 0 Å². The Morgan fingerprint density at radius 3 is 2.43 bits per heavy atom. The molecule has 108 valence electrons. The highest BCUT2D eigenvalue weighted by atomic mass is 32.1. The number of nitrogens with zero attached hydrogens (tertiary/aromatic N) is 1. The summed E-state index contributed by atoms with van der Waals surface area (Å²) in [6.45, 7) is 3.75. The van der Waals surface area contributed by atoms with Crippen LogP contribution >= 0.6 is 12.2 Å². The van der Waals surface area contributed by atoms with Gasteiger partial charge in [0.2, 0.25) is 5.91 Å². The lowest BCUT2D eigenvalue weighted by Crippen LogP contribution is -2.31. The molecule has 1 aromatic heterocycles. The van der Waals surface area contributed by atoms with Crippen molar-refractivity contribution in [3.05, 3.63) is 59.4 Å². The number of nitrogens with one attached hydrogen (secondary N) is 1. The molecule has 1 atom stereocenters. The zero-order valence-electron chi connectivity index (χ0n) is 12.0. The smallest absolute Gasteiger partial charge is 0.238 e. The number of nitrogens with two attached hydrogens (primary N) is 1. The molecule has 0 fully saturated rings. The van der Waals surface area contributed by atoms with Gasteiger partial charge in [-0.1, -0.05) is 42.5 Å². The lowest BCUT2D eigenvalue weighted by atomic mass is 9.98. The molecule has 0 bridgehead atoms. The van der Waals surface area contributed by atoms with Crippen LogP contribution in [0, 0.1) is 13.8 Å². The first kappa shape index (κ1) is 15.1. The van der Waals surface area contributed by atoms with Gasteiger partial charge in [-0.2, -0.15) is 0 Å². The van der Waals surface area contributed by atoms with Gasteiger partial charge in [0.05, 0.1) is 16.4 Å². The fourth-order valence-electron chi connectivity index (χ4n) is 2.11. The van der Waals surface area contributed by atoms with E-state index in [4.69, 9.17) is 18.0 Å². The molecule has 1 heterocycles. The summed E-state index contributed by atoms with van der Waals surface area (Å²) in [5.41, 5.74) is 8.85. The number of pyridine rings is 1. The monoisotopic (exact) mass is 299 g/mol. The van der Waals surface area contributed by atoms with Crippen molar-refractivity contribution in [1.82, 2.24) is 4.98 Å². The second-order valence-electron chi connectivity index (χ2n) is 4.82. The summed E-state index contributed by atoms with van der Waals surface area (Å²) in [7, 11) is 0. The summed E-state index contributed by atoms with van der Waals surface area (Å²) < 4.78 is 0. The summed E-state index contributed by atoms with van der Waals surface area (Å²) in [5, 5.41) is 2.85. The van der Waals surface area contributed by atoms with Gasteiger partial charge in [-0.3, -0.25) is 9.78 Å². The molecule has 3 N–H and O–H groups in total. The van der Waals surface area contributed by atoms with Crippen molar-refractivity contribution >= 4 is 28.8 Å². The number of hydrogen-bond acceptors (Lipinski definition) is 3. The van der Waals surface area contributed by atoms with Gasteiger partial charge < -0.3 is 11.1 Å². The number of aryl methyl sites for hydroxylation is 2. The number of carbonyl (C=O) groups is 1. The molecule has 2 rings (SSSR count). The van der Waals surface area contributed by atoms with Crippen molar-refractivity contribution in [3.63, 3.8) is 0 Å². The average molecular weight is 299 g/mol. The van der Waals surface area contributed by atoms with Crippen LogP contribution in [0.4, 0.5) is 5.69 Å². The fraction of sp³-hybridized carbons (Fsp3) is 0.188. The topological polar surface area (TPSA) is 68.0 Å². The molecule has 0 saturated heterocycles. The predicted molar refractivity (Wildman–Crippen MR) is 88.3 cm³/mol. The van der Waals surface area contributed by atoms with E-state index < -0.39 is 5.92 Å². The van der Waals surface area contributed by atoms with Gasteiger partial charge in [-0.25, -0.2) is 0 Å². The standard InChI is InChI=1S/C16H17N3OS/c1-10-8-9-13(11(2)18-10)19-16(20)14(15(17)21)12-6-4-3-5-7-12/h3-9,14H,1-2H3,(H2,17,21)(H,19,20). The number of amides is 1. The molecule has 1 unspecified atom stereocenters. The molecular weight excluding hydrogens is 282 g/mol. The van der Waals surface area contributed by atoms with E-state index in [0.717, 1.165) is 17.0 Å². The number of thiocarbonyl (C=S) groups is 1. The normalized spacial score (nSPS) is 11.7. The van der Waals surface area contributed by atoms with Crippen LogP contribution in [-0.2, 0) is 4.79 Å². The largest absolute Gasteiger partial charge is 0.392 e. The molecule has 0 aliphatic carbocycles. The van der Waals surface area contributed by atoms with E-state index in [9.17, 15) is 4.79 Å². The SMILES string of the molecule is Cc1ccc(NC(=O)C(C(N)=S)c2ccccc2)c(C)n1. The average Bonchev–Trinajstić information content (AvgIpc) is 2.43. The van der Waals surface area contributed by atoms with Gasteiger partial charge in [0.1, 0.15) is 5.92 Å². The third-order valence-corrected chi connectivity index (χ3v) is 3.40. The van der Waals surface area contributed by atoms with Crippen LogP contribution in [-0.4, -0.2) is 15.9 Å². The number of anilines is 1. The van der Waals surface area contributed by atoms with E-state index in [1.165, 1.54) is 0 Å². The van der Waals surface area contributed by atoms with Crippen molar-refractivity contribution in [2.45, 2.75) is 19.8 Å². The molecule has 0 radical (unpaired) electrons. The Kier molecular flexibility index (Phi) is 4.65. The first-order chi connectivity index (χ1) is 9.99. The van der Waals surface area contributed by atoms with Crippen LogP contribution in [0.15, 0.2) is 42.5 Å². The molecule has 0 aliphatic rings. The minimum atomic E-state index is -0.651. The Hall–Kier alpha value is -2.27. The summed E-state index contributed by atoms with van der Waals surface area (Å²) >= 11 is 5.05. The summed E-state index contributed by atoms with van der Waals surface area (Å²) in [6, 6.07) is 12.9. The fourth-order valence-corrected chi connectivity index (χ4v) is 2.36.